The first-order chi connectivity index (χ1) is 7.15. The molecule has 5 nitrogen and oxygen atoms in total. The number of aromatic carboxylic acids is 1. The molecule has 82 valence electrons. The minimum atomic E-state index is -1.03. The minimum Gasteiger partial charge on any atom is -0.478 e. The number of thioether (sulfide) groups is 1. The molecule has 0 spiro atoms. The van der Waals surface area contributed by atoms with Gasteiger partial charge in [0.15, 0.2) is 0 Å². The van der Waals surface area contributed by atoms with Crippen LogP contribution >= 0.6 is 11.8 Å². The van der Waals surface area contributed by atoms with Crippen LogP contribution in [0.4, 0.5) is 0 Å². The third-order valence-electron chi connectivity index (χ3n) is 1.66. The van der Waals surface area contributed by atoms with Crippen LogP contribution in [-0.4, -0.2) is 29.9 Å². The summed E-state index contributed by atoms with van der Waals surface area (Å²) in [5, 5.41) is 8.75. The molecule has 0 aliphatic rings. The molecule has 0 radical (unpaired) electrons. The first-order valence-electron chi connectivity index (χ1n) is 4.09. The van der Waals surface area contributed by atoms with Crippen molar-refractivity contribution in [3.63, 3.8) is 0 Å². The molecule has 1 rings (SSSR count). The number of ether oxygens (including phenoxy) is 1. The highest BCUT2D eigenvalue weighted by Crippen LogP contribution is 2.17. The van der Waals surface area contributed by atoms with Crippen LogP contribution in [0.5, 0.6) is 0 Å². The Balaban J connectivity index is 2.47. The predicted molar refractivity (Wildman–Crippen MR) is 53.8 cm³/mol. The molecule has 0 amide bonds. The molecule has 0 saturated carbocycles. The number of hydrogen-bond donors (Lipinski definition) is 1. The van der Waals surface area contributed by atoms with E-state index in [1.807, 2.05) is 0 Å². The van der Waals surface area contributed by atoms with Gasteiger partial charge in [-0.15, -0.1) is 11.8 Å². The number of furan rings is 1. The van der Waals surface area contributed by atoms with Gasteiger partial charge in [-0.05, 0) is 6.07 Å². The topological polar surface area (TPSA) is 76.7 Å². The van der Waals surface area contributed by atoms with Crippen LogP contribution in [0.15, 0.2) is 16.7 Å². The number of carbonyl (C=O) groups is 2. The van der Waals surface area contributed by atoms with Crippen LogP contribution in [-0.2, 0) is 15.3 Å². The largest absolute Gasteiger partial charge is 0.478 e. The Kier molecular flexibility index (Phi) is 4.23. The van der Waals surface area contributed by atoms with Gasteiger partial charge in [0.05, 0.1) is 24.9 Å². The Morgan fingerprint density at radius 3 is 2.93 bits per heavy atom. The standard InChI is InChI=1S/C9H10O5S/c1-13-8(10)5-15-4-7-6(9(11)12)2-3-14-7/h2-3H,4-5H2,1H3,(H,11,12). The second-order valence-electron chi connectivity index (χ2n) is 2.63. The van der Waals surface area contributed by atoms with Crippen molar-refractivity contribution in [1.82, 2.24) is 0 Å². The number of hydrogen-bond acceptors (Lipinski definition) is 5. The van der Waals surface area contributed by atoms with Crippen LogP contribution in [0, 0.1) is 0 Å². The van der Waals surface area contributed by atoms with Gasteiger partial charge in [-0.1, -0.05) is 0 Å². The van der Waals surface area contributed by atoms with Gasteiger partial charge in [0.25, 0.3) is 0 Å². The van der Waals surface area contributed by atoms with Gasteiger partial charge in [0.2, 0.25) is 0 Å². The smallest absolute Gasteiger partial charge is 0.339 e. The van der Waals surface area contributed by atoms with Crippen LogP contribution in [0.25, 0.3) is 0 Å². The zero-order valence-corrected chi connectivity index (χ0v) is 8.87. The van der Waals surface area contributed by atoms with Crippen molar-refractivity contribution in [1.29, 1.82) is 0 Å². The molecule has 6 heteroatoms. The average Bonchev–Trinajstić information content (AvgIpc) is 2.65. The Labute approximate surface area is 90.4 Å². The van der Waals surface area contributed by atoms with Crippen LogP contribution in [0.2, 0.25) is 0 Å². The minimum absolute atomic E-state index is 0.132. The van der Waals surface area contributed by atoms with Gasteiger partial charge in [0.1, 0.15) is 11.3 Å². The molecule has 1 aromatic heterocycles. The van der Waals surface area contributed by atoms with Crippen LogP contribution in [0.1, 0.15) is 16.1 Å². The highest BCUT2D eigenvalue weighted by molar-refractivity contribution is 7.99. The lowest BCUT2D eigenvalue weighted by atomic mass is 10.3. The molecule has 0 aliphatic heterocycles. The number of esters is 1. The molecule has 0 aromatic carbocycles. The van der Waals surface area contributed by atoms with Gasteiger partial charge in [-0.25, -0.2) is 4.79 Å². The van der Waals surface area contributed by atoms with E-state index in [0.717, 1.165) is 0 Å². The maximum absolute atomic E-state index is 10.8. The molecule has 0 saturated heterocycles. The van der Waals surface area contributed by atoms with E-state index in [0.29, 0.717) is 11.5 Å². The summed E-state index contributed by atoms with van der Waals surface area (Å²) in [6.07, 6.45) is 1.32. The maximum atomic E-state index is 10.8. The lowest BCUT2D eigenvalue weighted by Gasteiger charge is -1.99. The molecular weight excluding hydrogens is 220 g/mol. The van der Waals surface area contributed by atoms with Gasteiger partial charge in [0, 0.05) is 0 Å². The van der Waals surface area contributed by atoms with Gasteiger partial charge >= 0.3 is 11.9 Å². The van der Waals surface area contributed by atoms with E-state index < -0.39 is 5.97 Å². The monoisotopic (exact) mass is 230 g/mol. The molecule has 1 N–H and O–H groups in total. The van der Waals surface area contributed by atoms with E-state index >= 15 is 0 Å². The summed E-state index contributed by atoms with van der Waals surface area (Å²) in [5.74, 6) is -0.503. The zero-order chi connectivity index (χ0) is 11.3. The lowest BCUT2D eigenvalue weighted by molar-refractivity contribution is -0.137. The second kappa shape index (κ2) is 5.45. The van der Waals surface area contributed by atoms with Crippen LogP contribution < -0.4 is 0 Å². The maximum Gasteiger partial charge on any atom is 0.339 e. The second-order valence-corrected chi connectivity index (χ2v) is 3.62. The van der Waals surface area contributed by atoms with Crippen molar-refractivity contribution in [3.05, 3.63) is 23.7 Å². The molecular formula is C9H10O5S. The molecule has 1 heterocycles. The quantitative estimate of drug-likeness (QED) is 0.770. The molecule has 0 unspecified atom stereocenters. The Bertz CT molecular complexity index is 357. The third kappa shape index (κ3) is 3.32. The van der Waals surface area contributed by atoms with Gasteiger partial charge in [-0.2, -0.15) is 0 Å². The van der Waals surface area contributed by atoms with Gasteiger partial charge in [-0.3, -0.25) is 4.79 Å². The predicted octanol–water partition coefficient (Wildman–Crippen LogP) is 1.38. The van der Waals surface area contributed by atoms with E-state index in [1.54, 1.807) is 0 Å². The Hall–Kier alpha value is -1.43. The van der Waals surface area contributed by atoms with E-state index in [4.69, 9.17) is 9.52 Å². The molecule has 15 heavy (non-hydrogen) atoms. The van der Waals surface area contributed by atoms with Crippen molar-refractivity contribution in [2.75, 3.05) is 12.9 Å². The summed E-state index contributed by atoms with van der Waals surface area (Å²) >= 11 is 1.24. The van der Waals surface area contributed by atoms with Crippen LogP contribution in [0.3, 0.4) is 0 Å². The lowest BCUT2D eigenvalue weighted by Crippen LogP contribution is -2.04. The summed E-state index contributed by atoms with van der Waals surface area (Å²) in [6.45, 7) is 0. The van der Waals surface area contributed by atoms with E-state index in [-0.39, 0.29) is 17.3 Å². The number of rotatable bonds is 5. The highest BCUT2D eigenvalue weighted by atomic mass is 32.2. The Morgan fingerprint density at radius 2 is 2.33 bits per heavy atom. The van der Waals surface area contributed by atoms with Crippen molar-refractivity contribution in [2.24, 2.45) is 0 Å². The molecule has 0 fully saturated rings. The summed E-state index contributed by atoms with van der Waals surface area (Å²) in [4.78, 5) is 21.4. The molecule has 1 aromatic rings. The Morgan fingerprint density at radius 1 is 1.60 bits per heavy atom. The average molecular weight is 230 g/mol. The van der Waals surface area contributed by atoms with Crippen molar-refractivity contribution in [3.8, 4) is 0 Å². The normalized spacial score (nSPS) is 9.93. The first kappa shape index (κ1) is 11.6. The van der Waals surface area contributed by atoms with Crippen molar-refractivity contribution in [2.45, 2.75) is 5.75 Å². The SMILES string of the molecule is COC(=O)CSCc1occc1C(=O)O. The van der Waals surface area contributed by atoms with Gasteiger partial charge < -0.3 is 14.3 Å². The fraction of sp³-hybridized carbons (Fsp3) is 0.333. The fourth-order valence-corrected chi connectivity index (χ4v) is 1.72. The van der Waals surface area contributed by atoms with Crippen molar-refractivity contribution >= 4 is 23.7 Å². The van der Waals surface area contributed by atoms with E-state index in [2.05, 4.69) is 4.74 Å². The fourth-order valence-electron chi connectivity index (χ4n) is 0.929. The van der Waals surface area contributed by atoms with E-state index in [9.17, 15) is 9.59 Å². The van der Waals surface area contributed by atoms with E-state index in [1.165, 1.54) is 31.2 Å². The molecule has 0 bridgehead atoms. The number of carbonyl (C=O) groups excluding carboxylic acids is 1. The summed E-state index contributed by atoms with van der Waals surface area (Å²) in [7, 11) is 1.30. The molecule has 0 atom stereocenters. The highest BCUT2D eigenvalue weighted by Gasteiger charge is 2.13. The first-order valence-corrected chi connectivity index (χ1v) is 5.25. The van der Waals surface area contributed by atoms with Crippen molar-refractivity contribution < 1.29 is 23.8 Å². The third-order valence-corrected chi connectivity index (χ3v) is 2.56. The zero-order valence-electron chi connectivity index (χ0n) is 8.06. The number of methoxy groups -OCH3 is 1. The number of carboxylic acids is 1. The summed E-state index contributed by atoms with van der Waals surface area (Å²) in [5.41, 5.74) is 0.132. The molecule has 0 aliphatic carbocycles. The summed E-state index contributed by atoms with van der Waals surface area (Å²) < 4.78 is 9.43. The summed E-state index contributed by atoms with van der Waals surface area (Å²) in [6, 6.07) is 1.39. The number of carboxylic acid groups (broad SMARTS) is 1.